The number of epoxide rings is 1. The molecular weight excluding hydrogens is 236 g/mol. The molecule has 1 aromatic rings. The predicted octanol–water partition coefficient (Wildman–Crippen LogP) is 3.69. The summed E-state index contributed by atoms with van der Waals surface area (Å²) in [6.07, 6.45) is 4.69. The van der Waals surface area contributed by atoms with Crippen molar-refractivity contribution in [2.45, 2.75) is 26.4 Å². The molecule has 1 aliphatic rings. The zero-order valence-electron chi connectivity index (χ0n) is 9.94. The summed E-state index contributed by atoms with van der Waals surface area (Å²) in [5, 5.41) is 0.736. The second-order valence-electron chi connectivity index (χ2n) is 4.96. The number of carbonyl (C=O) groups is 1. The monoisotopic (exact) mass is 250 g/mol. The van der Waals surface area contributed by atoms with Crippen molar-refractivity contribution < 1.29 is 9.53 Å². The van der Waals surface area contributed by atoms with Gasteiger partial charge in [-0.15, -0.1) is 0 Å². The van der Waals surface area contributed by atoms with Crippen LogP contribution in [0.25, 0.3) is 6.08 Å². The van der Waals surface area contributed by atoms with Crippen molar-refractivity contribution in [3.8, 4) is 0 Å². The Kier molecular flexibility index (Phi) is 3.25. The SMILES string of the molecule is CC(C)(CC=Cc1ccc(Cl)cc1)C1OC1=O. The Bertz CT molecular complexity index is 446. The van der Waals surface area contributed by atoms with Gasteiger partial charge in [0.2, 0.25) is 6.10 Å². The molecule has 1 fully saturated rings. The molecule has 0 saturated carbocycles. The summed E-state index contributed by atoms with van der Waals surface area (Å²) in [6.45, 7) is 4.07. The molecule has 0 radical (unpaired) electrons. The molecule has 1 aliphatic heterocycles. The van der Waals surface area contributed by atoms with E-state index in [0.29, 0.717) is 0 Å². The lowest BCUT2D eigenvalue weighted by molar-refractivity contribution is -0.117. The number of carbonyl (C=O) groups excluding carboxylic acids is 1. The largest absolute Gasteiger partial charge is 0.447 e. The first-order valence-corrected chi connectivity index (χ1v) is 5.99. The Balaban J connectivity index is 1.93. The molecule has 1 aromatic carbocycles. The fourth-order valence-electron chi connectivity index (χ4n) is 1.74. The van der Waals surface area contributed by atoms with Crippen LogP contribution in [-0.2, 0) is 9.53 Å². The Labute approximate surface area is 106 Å². The zero-order chi connectivity index (χ0) is 12.5. The summed E-state index contributed by atoms with van der Waals surface area (Å²) < 4.78 is 4.91. The molecule has 0 N–H and O–H groups in total. The average Bonchev–Trinajstić information content (AvgIpc) is 2.99. The molecule has 0 aliphatic carbocycles. The summed E-state index contributed by atoms with van der Waals surface area (Å²) in [7, 11) is 0. The van der Waals surface area contributed by atoms with E-state index in [4.69, 9.17) is 16.3 Å². The molecule has 0 amide bonds. The lowest BCUT2D eigenvalue weighted by atomic mass is 9.85. The molecule has 0 bridgehead atoms. The molecule has 0 spiro atoms. The van der Waals surface area contributed by atoms with Crippen LogP contribution in [0.3, 0.4) is 0 Å². The van der Waals surface area contributed by atoms with E-state index in [0.717, 1.165) is 17.0 Å². The number of cyclic esters (lactones) is 1. The van der Waals surface area contributed by atoms with E-state index >= 15 is 0 Å². The lowest BCUT2D eigenvalue weighted by Gasteiger charge is -2.17. The van der Waals surface area contributed by atoms with E-state index in [1.54, 1.807) is 0 Å². The van der Waals surface area contributed by atoms with Crippen molar-refractivity contribution in [2.75, 3.05) is 0 Å². The van der Waals surface area contributed by atoms with E-state index in [9.17, 15) is 4.79 Å². The number of halogens is 1. The summed E-state index contributed by atoms with van der Waals surface area (Å²) in [5.74, 6) is -0.0881. The third-order valence-electron chi connectivity index (χ3n) is 2.92. The molecule has 2 rings (SSSR count). The minimum atomic E-state index is -0.225. The quantitative estimate of drug-likeness (QED) is 0.763. The fraction of sp³-hybridized carbons (Fsp3) is 0.357. The van der Waals surface area contributed by atoms with Crippen molar-refractivity contribution in [1.29, 1.82) is 0 Å². The van der Waals surface area contributed by atoms with Crippen molar-refractivity contribution >= 4 is 23.6 Å². The van der Waals surface area contributed by atoms with E-state index in [1.807, 2.05) is 44.2 Å². The molecular formula is C14H15ClO2. The van der Waals surface area contributed by atoms with Gasteiger partial charge < -0.3 is 4.74 Å². The first-order valence-electron chi connectivity index (χ1n) is 5.62. The number of hydrogen-bond donors (Lipinski definition) is 0. The van der Waals surface area contributed by atoms with Crippen LogP contribution >= 0.6 is 11.6 Å². The van der Waals surface area contributed by atoms with E-state index in [1.165, 1.54) is 0 Å². The number of hydrogen-bond acceptors (Lipinski definition) is 2. The van der Waals surface area contributed by atoms with Crippen LogP contribution < -0.4 is 0 Å². The van der Waals surface area contributed by atoms with E-state index in [2.05, 4.69) is 6.08 Å². The number of benzene rings is 1. The maximum atomic E-state index is 10.9. The summed E-state index contributed by atoms with van der Waals surface area (Å²) in [4.78, 5) is 10.9. The zero-order valence-corrected chi connectivity index (χ0v) is 10.7. The highest BCUT2D eigenvalue weighted by Gasteiger charge is 2.49. The van der Waals surface area contributed by atoms with Gasteiger partial charge in [0.1, 0.15) is 0 Å². The average molecular weight is 251 g/mol. The molecule has 90 valence electrons. The Morgan fingerprint density at radius 2 is 1.94 bits per heavy atom. The normalized spacial score (nSPS) is 19.5. The van der Waals surface area contributed by atoms with Gasteiger partial charge in [-0.25, -0.2) is 4.79 Å². The Morgan fingerprint density at radius 1 is 1.35 bits per heavy atom. The van der Waals surface area contributed by atoms with Crippen LogP contribution in [-0.4, -0.2) is 12.1 Å². The molecule has 17 heavy (non-hydrogen) atoms. The fourth-order valence-corrected chi connectivity index (χ4v) is 1.87. The second kappa shape index (κ2) is 4.53. The van der Waals surface area contributed by atoms with E-state index in [-0.39, 0.29) is 17.5 Å². The third kappa shape index (κ3) is 3.10. The van der Waals surface area contributed by atoms with Gasteiger partial charge in [-0.05, 0) is 24.1 Å². The first kappa shape index (κ1) is 12.2. The minimum absolute atomic E-state index is 0.0881. The second-order valence-corrected chi connectivity index (χ2v) is 5.40. The molecule has 1 unspecified atom stereocenters. The standard InChI is InChI=1S/C14H15ClO2/c1-14(2,12-13(16)17-12)9-3-4-10-5-7-11(15)8-6-10/h3-8,12H,9H2,1-2H3. The van der Waals surface area contributed by atoms with E-state index < -0.39 is 0 Å². The van der Waals surface area contributed by atoms with Crippen LogP contribution in [0.5, 0.6) is 0 Å². The van der Waals surface area contributed by atoms with Crippen LogP contribution in [0.15, 0.2) is 30.3 Å². The predicted molar refractivity (Wildman–Crippen MR) is 68.8 cm³/mol. The summed E-state index contributed by atoms with van der Waals surface area (Å²) in [6, 6.07) is 7.65. The van der Waals surface area contributed by atoms with Gasteiger partial charge in [-0.2, -0.15) is 0 Å². The van der Waals surface area contributed by atoms with Crippen molar-refractivity contribution in [1.82, 2.24) is 0 Å². The van der Waals surface area contributed by atoms with Crippen LogP contribution in [0.1, 0.15) is 25.8 Å². The first-order chi connectivity index (χ1) is 7.99. The number of rotatable bonds is 4. The summed E-state index contributed by atoms with van der Waals surface area (Å²) >= 11 is 5.81. The Morgan fingerprint density at radius 3 is 2.47 bits per heavy atom. The van der Waals surface area contributed by atoms with Gasteiger partial charge in [-0.1, -0.05) is 49.7 Å². The topological polar surface area (TPSA) is 29.6 Å². The number of allylic oxidation sites excluding steroid dienone is 1. The molecule has 1 atom stereocenters. The number of ether oxygens (including phenoxy) is 1. The molecule has 3 heteroatoms. The minimum Gasteiger partial charge on any atom is -0.447 e. The Hall–Kier alpha value is -1.28. The van der Waals surface area contributed by atoms with Gasteiger partial charge in [0, 0.05) is 10.4 Å². The maximum absolute atomic E-state index is 10.9. The van der Waals surface area contributed by atoms with Crippen molar-refractivity contribution in [2.24, 2.45) is 5.41 Å². The van der Waals surface area contributed by atoms with Gasteiger partial charge in [0.25, 0.3) is 0 Å². The lowest BCUT2D eigenvalue weighted by Crippen LogP contribution is -2.18. The smallest absolute Gasteiger partial charge is 0.348 e. The van der Waals surface area contributed by atoms with Gasteiger partial charge in [0.05, 0.1) is 0 Å². The molecule has 0 aromatic heterocycles. The van der Waals surface area contributed by atoms with Crippen LogP contribution in [0.2, 0.25) is 5.02 Å². The molecule has 1 heterocycles. The van der Waals surface area contributed by atoms with Crippen molar-refractivity contribution in [3.63, 3.8) is 0 Å². The third-order valence-corrected chi connectivity index (χ3v) is 3.18. The highest BCUT2D eigenvalue weighted by atomic mass is 35.5. The highest BCUT2D eigenvalue weighted by Crippen LogP contribution is 2.36. The van der Waals surface area contributed by atoms with Crippen molar-refractivity contribution in [3.05, 3.63) is 40.9 Å². The highest BCUT2D eigenvalue weighted by molar-refractivity contribution is 6.30. The maximum Gasteiger partial charge on any atom is 0.348 e. The van der Waals surface area contributed by atoms with Crippen LogP contribution in [0.4, 0.5) is 0 Å². The molecule has 2 nitrogen and oxygen atoms in total. The van der Waals surface area contributed by atoms with Crippen LogP contribution in [0, 0.1) is 5.41 Å². The summed E-state index contributed by atoms with van der Waals surface area (Å²) in [5.41, 5.74) is 0.980. The van der Waals surface area contributed by atoms with Gasteiger partial charge >= 0.3 is 5.97 Å². The van der Waals surface area contributed by atoms with Gasteiger partial charge in [-0.3, -0.25) is 0 Å². The molecule has 1 saturated heterocycles. The van der Waals surface area contributed by atoms with Gasteiger partial charge in [0.15, 0.2) is 0 Å².